The van der Waals surface area contributed by atoms with Gasteiger partial charge < -0.3 is 4.90 Å². The maximum absolute atomic E-state index is 14.2. The SMILES string of the molecule is CC(CN1CCN(c2cccc3c2C(=O)N(Cc2ccccc2F)C3=O)CC1)c1ccccc1. The lowest BCUT2D eigenvalue weighted by molar-refractivity contribution is 0.0641. The van der Waals surface area contributed by atoms with Gasteiger partial charge in [0.15, 0.2) is 0 Å². The molecule has 1 saturated heterocycles. The molecule has 3 aromatic carbocycles. The summed E-state index contributed by atoms with van der Waals surface area (Å²) in [6.45, 7) is 6.52. The minimum Gasteiger partial charge on any atom is -0.368 e. The van der Waals surface area contributed by atoms with Crippen molar-refractivity contribution in [3.05, 3.63) is 101 Å². The van der Waals surface area contributed by atoms with E-state index in [1.54, 1.807) is 24.3 Å². The van der Waals surface area contributed by atoms with Gasteiger partial charge in [-0.3, -0.25) is 19.4 Å². The Hall–Kier alpha value is -3.51. The molecular formula is C28H28FN3O2. The third kappa shape index (κ3) is 4.21. The first-order valence-corrected chi connectivity index (χ1v) is 11.8. The van der Waals surface area contributed by atoms with E-state index in [9.17, 15) is 14.0 Å². The lowest BCUT2D eigenvalue weighted by Crippen LogP contribution is -2.47. The second kappa shape index (κ2) is 9.39. The summed E-state index contributed by atoms with van der Waals surface area (Å²) in [6, 6.07) is 22.2. The van der Waals surface area contributed by atoms with Crippen molar-refractivity contribution in [3.63, 3.8) is 0 Å². The van der Waals surface area contributed by atoms with Crippen molar-refractivity contribution in [2.75, 3.05) is 37.6 Å². The van der Waals surface area contributed by atoms with Gasteiger partial charge in [0.1, 0.15) is 5.82 Å². The van der Waals surface area contributed by atoms with Crippen LogP contribution in [-0.2, 0) is 6.54 Å². The van der Waals surface area contributed by atoms with Crippen molar-refractivity contribution in [3.8, 4) is 0 Å². The lowest BCUT2D eigenvalue weighted by atomic mass is 10.0. The van der Waals surface area contributed by atoms with Crippen molar-refractivity contribution in [2.24, 2.45) is 0 Å². The molecule has 0 radical (unpaired) electrons. The lowest BCUT2D eigenvalue weighted by Gasteiger charge is -2.37. The van der Waals surface area contributed by atoms with Crippen LogP contribution in [0.3, 0.4) is 0 Å². The third-order valence-electron chi connectivity index (χ3n) is 6.88. The van der Waals surface area contributed by atoms with Crippen molar-refractivity contribution in [1.29, 1.82) is 0 Å². The van der Waals surface area contributed by atoms with Crippen LogP contribution in [0.25, 0.3) is 0 Å². The van der Waals surface area contributed by atoms with Gasteiger partial charge in [0, 0.05) is 38.3 Å². The zero-order chi connectivity index (χ0) is 23.7. The quantitative estimate of drug-likeness (QED) is 0.510. The van der Waals surface area contributed by atoms with E-state index < -0.39 is 5.82 Å². The van der Waals surface area contributed by atoms with Gasteiger partial charge in [-0.2, -0.15) is 0 Å². The van der Waals surface area contributed by atoms with E-state index in [1.165, 1.54) is 11.6 Å². The minimum absolute atomic E-state index is 0.0659. The summed E-state index contributed by atoms with van der Waals surface area (Å²) in [4.78, 5) is 32.1. The number of nitrogens with zero attached hydrogens (tertiary/aromatic N) is 3. The Morgan fingerprint density at radius 1 is 0.824 bits per heavy atom. The van der Waals surface area contributed by atoms with E-state index in [0.717, 1.165) is 43.3 Å². The Morgan fingerprint density at radius 3 is 2.26 bits per heavy atom. The summed E-state index contributed by atoms with van der Waals surface area (Å²) < 4.78 is 14.2. The first-order valence-electron chi connectivity index (χ1n) is 11.8. The molecule has 2 aliphatic rings. The number of carbonyl (C=O) groups excluding carboxylic acids is 2. The maximum Gasteiger partial charge on any atom is 0.263 e. The van der Waals surface area contributed by atoms with Gasteiger partial charge in [-0.05, 0) is 29.7 Å². The van der Waals surface area contributed by atoms with Crippen LogP contribution in [-0.4, -0.2) is 54.3 Å². The third-order valence-corrected chi connectivity index (χ3v) is 6.88. The fraction of sp³-hybridized carbons (Fsp3) is 0.286. The second-order valence-electron chi connectivity index (χ2n) is 9.09. The van der Waals surface area contributed by atoms with E-state index in [-0.39, 0.29) is 18.4 Å². The number of hydrogen-bond acceptors (Lipinski definition) is 4. The Bertz CT molecular complexity index is 1210. The van der Waals surface area contributed by atoms with Gasteiger partial charge in [-0.25, -0.2) is 4.39 Å². The fourth-order valence-corrected chi connectivity index (χ4v) is 4.97. The summed E-state index contributed by atoms with van der Waals surface area (Å²) in [6.07, 6.45) is 0. The minimum atomic E-state index is -0.417. The number of halogens is 1. The molecule has 0 saturated carbocycles. The van der Waals surface area contributed by atoms with Gasteiger partial charge in [0.25, 0.3) is 11.8 Å². The number of amides is 2. The number of benzene rings is 3. The summed E-state index contributed by atoms with van der Waals surface area (Å²) in [7, 11) is 0. The molecule has 2 amide bonds. The number of hydrogen-bond donors (Lipinski definition) is 0. The van der Waals surface area contributed by atoms with E-state index in [2.05, 4.69) is 41.0 Å². The molecule has 3 aromatic rings. The van der Waals surface area contributed by atoms with Crippen LogP contribution in [0.2, 0.25) is 0 Å². The molecule has 0 aliphatic carbocycles. The first-order chi connectivity index (χ1) is 16.5. The van der Waals surface area contributed by atoms with Crippen LogP contribution in [0.15, 0.2) is 72.8 Å². The molecule has 34 heavy (non-hydrogen) atoms. The highest BCUT2D eigenvalue weighted by Crippen LogP contribution is 2.33. The highest BCUT2D eigenvalue weighted by Gasteiger charge is 2.39. The highest BCUT2D eigenvalue weighted by molar-refractivity contribution is 6.23. The predicted octanol–water partition coefficient (Wildman–Crippen LogP) is 4.55. The largest absolute Gasteiger partial charge is 0.368 e. The topological polar surface area (TPSA) is 43.9 Å². The second-order valence-corrected chi connectivity index (χ2v) is 9.09. The van der Waals surface area contributed by atoms with Crippen LogP contribution in [0.5, 0.6) is 0 Å². The summed E-state index contributed by atoms with van der Waals surface area (Å²) in [5, 5.41) is 0. The molecule has 1 fully saturated rings. The van der Waals surface area contributed by atoms with Crippen LogP contribution in [0.1, 0.15) is 44.7 Å². The van der Waals surface area contributed by atoms with Crippen molar-refractivity contribution < 1.29 is 14.0 Å². The average molecular weight is 458 g/mol. The number of anilines is 1. The fourth-order valence-electron chi connectivity index (χ4n) is 4.97. The average Bonchev–Trinajstić information content (AvgIpc) is 3.11. The van der Waals surface area contributed by atoms with Gasteiger partial charge in [0.05, 0.1) is 23.4 Å². The summed E-state index contributed by atoms with van der Waals surface area (Å²) in [5.41, 5.74) is 3.31. The molecule has 0 spiro atoms. The Morgan fingerprint density at radius 2 is 1.53 bits per heavy atom. The highest BCUT2D eigenvalue weighted by atomic mass is 19.1. The molecule has 6 heteroatoms. The van der Waals surface area contributed by atoms with Crippen LogP contribution >= 0.6 is 0 Å². The zero-order valence-electron chi connectivity index (χ0n) is 19.3. The summed E-state index contributed by atoms with van der Waals surface area (Å²) >= 11 is 0. The molecule has 0 bridgehead atoms. The predicted molar refractivity (Wildman–Crippen MR) is 131 cm³/mol. The standard InChI is InChI=1S/C28H28FN3O2/c1-20(21-8-3-2-4-9-21)18-30-14-16-31(17-15-30)25-13-7-11-23-26(25)28(34)32(27(23)33)19-22-10-5-6-12-24(22)29/h2-13,20H,14-19H2,1H3. The molecule has 5 nitrogen and oxygen atoms in total. The first kappa shape index (κ1) is 22.3. The molecular weight excluding hydrogens is 429 g/mol. The van der Waals surface area contributed by atoms with E-state index in [1.807, 2.05) is 18.2 Å². The van der Waals surface area contributed by atoms with Gasteiger partial charge >= 0.3 is 0 Å². The van der Waals surface area contributed by atoms with Crippen molar-refractivity contribution in [2.45, 2.75) is 19.4 Å². The normalized spacial score (nSPS) is 17.2. The Labute approximate surface area is 199 Å². The van der Waals surface area contributed by atoms with Crippen molar-refractivity contribution in [1.82, 2.24) is 9.80 Å². The van der Waals surface area contributed by atoms with E-state index in [4.69, 9.17) is 0 Å². The number of imide groups is 1. The van der Waals surface area contributed by atoms with Gasteiger partial charge in [0.2, 0.25) is 0 Å². The molecule has 1 unspecified atom stereocenters. The molecule has 2 heterocycles. The van der Waals surface area contributed by atoms with E-state index in [0.29, 0.717) is 22.6 Å². The Kier molecular flexibility index (Phi) is 6.16. The molecule has 2 aliphatic heterocycles. The number of fused-ring (bicyclic) bond motifs is 1. The number of carbonyl (C=O) groups is 2. The van der Waals surface area contributed by atoms with Crippen LogP contribution in [0, 0.1) is 5.82 Å². The van der Waals surface area contributed by atoms with Gasteiger partial charge in [-0.15, -0.1) is 0 Å². The Balaban J connectivity index is 1.29. The smallest absolute Gasteiger partial charge is 0.263 e. The monoisotopic (exact) mass is 457 g/mol. The van der Waals surface area contributed by atoms with Gasteiger partial charge in [-0.1, -0.05) is 61.5 Å². The number of piperazine rings is 1. The maximum atomic E-state index is 14.2. The zero-order valence-corrected chi connectivity index (χ0v) is 19.3. The van der Waals surface area contributed by atoms with E-state index >= 15 is 0 Å². The molecule has 5 rings (SSSR count). The summed E-state index contributed by atoms with van der Waals surface area (Å²) in [5.74, 6) is -0.681. The molecule has 1 atom stereocenters. The van der Waals surface area contributed by atoms with Crippen LogP contribution < -0.4 is 4.90 Å². The number of rotatable bonds is 6. The molecule has 0 N–H and O–H groups in total. The van der Waals surface area contributed by atoms with Crippen molar-refractivity contribution >= 4 is 17.5 Å². The molecule has 0 aromatic heterocycles. The van der Waals surface area contributed by atoms with Crippen LogP contribution in [0.4, 0.5) is 10.1 Å². The molecule has 174 valence electrons.